The van der Waals surface area contributed by atoms with Gasteiger partial charge in [0.1, 0.15) is 5.82 Å². The summed E-state index contributed by atoms with van der Waals surface area (Å²) < 4.78 is 14.9. The number of halogens is 3. The average molecular weight is 360 g/mol. The lowest BCUT2D eigenvalue weighted by Crippen LogP contribution is -2.19. The van der Waals surface area contributed by atoms with Crippen molar-refractivity contribution in [2.24, 2.45) is 7.05 Å². The summed E-state index contributed by atoms with van der Waals surface area (Å²) in [5.41, 5.74) is 0.188. The van der Waals surface area contributed by atoms with E-state index >= 15 is 0 Å². The molecule has 0 aliphatic heterocycles. The molecule has 0 spiro atoms. The summed E-state index contributed by atoms with van der Waals surface area (Å²) in [6, 6.07) is 5.44. The normalized spacial score (nSPS) is 10.4. The lowest BCUT2D eigenvalue weighted by molar-refractivity contribution is 0.102. The van der Waals surface area contributed by atoms with Crippen molar-refractivity contribution in [2.45, 2.75) is 0 Å². The van der Waals surface area contributed by atoms with E-state index in [-0.39, 0.29) is 16.1 Å². The number of amides is 1. The van der Waals surface area contributed by atoms with Crippen molar-refractivity contribution in [1.82, 2.24) is 4.57 Å². The molecule has 0 saturated carbocycles. The summed E-state index contributed by atoms with van der Waals surface area (Å²) in [5, 5.41) is 2.31. The minimum atomic E-state index is -0.666. The third-order valence-electron chi connectivity index (χ3n) is 2.59. The van der Waals surface area contributed by atoms with Gasteiger partial charge in [-0.3, -0.25) is 9.59 Å². The first-order valence-corrected chi connectivity index (χ1v) is 6.69. The summed E-state index contributed by atoms with van der Waals surface area (Å²) in [5.74, 6) is -1.22. The van der Waals surface area contributed by atoms with Gasteiger partial charge in [-0.25, -0.2) is 4.39 Å². The van der Waals surface area contributed by atoms with Gasteiger partial charge in [0.25, 0.3) is 11.5 Å². The van der Waals surface area contributed by atoms with Gasteiger partial charge in [-0.2, -0.15) is 0 Å². The van der Waals surface area contributed by atoms with Crippen molar-refractivity contribution >= 4 is 39.1 Å². The maximum Gasteiger partial charge on any atom is 0.264 e. The number of nitrogens with zero attached hydrogens (tertiary/aromatic N) is 1. The zero-order valence-electron chi connectivity index (χ0n) is 10.3. The summed E-state index contributed by atoms with van der Waals surface area (Å²) in [7, 11) is 1.55. The molecule has 1 amide bonds. The Balaban J connectivity index is 2.33. The maximum absolute atomic E-state index is 13.3. The Labute approximate surface area is 127 Å². The highest BCUT2D eigenvalue weighted by molar-refractivity contribution is 9.10. The number of rotatable bonds is 2. The second-order valence-electron chi connectivity index (χ2n) is 4.05. The van der Waals surface area contributed by atoms with Crippen LogP contribution in [0.5, 0.6) is 0 Å². The Hall–Kier alpha value is -1.66. The second kappa shape index (κ2) is 5.76. The molecule has 4 nitrogen and oxygen atoms in total. The number of aryl methyl sites for hydroxylation is 1. The van der Waals surface area contributed by atoms with Gasteiger partial charge < -0.3 is 9.88 Å². The lowest BCUT2D eigenvalue weighted by Gasteiger charge is -2.09. The lowest BCUT2D eigenvalue weighted by atomic mass is 10.2. The van der Waals surface area contributed by atoms with Crippen LogP contribution in [0.4, 0.5) is 10.1 Å². The van der Waals surface area contributed by atoms with Crippen LogP contribution < -0.4 is 10.9 Å². The molecule has 0 bridgehead atoms. The number of hydrogen-bond donors (Lipinski definition) is 1. The standard InChI is InChI=1S/C13H9BrClFN2O2/c1-18-6-7(5-9(14)13(18)20)17-12(19)8-3-2-4-10(16)11(8)15/h2-6H,1H3,(H,17,19). The van der Waals surface area contributed by atoms with E-state index in [4.69, 9.17) is 11.6 Å². The highest BCUT2D eigenvalue weighted by Gasteiger charge is 2.14. The first-order valence-electron chi connectivity index (χ1n) is 5.51. The predicted molar refractivity (Wildman–Crippen MR) is 78.7 cm³/mol. The van der Waals surface area contributed by atoms with Gasteiger partial charge in [0.05, 0.1) is 20.7 Å². The molecule has 1 N–H and O–H groups in total. The van der Waals surface area contributed by atoms with Crippen LogP contribution in [0.25, 0.3) is 0 Å². The van der Waals surface area contributed by atoms with Gasteiger partial charge >= 0.3 is 0 Å². The van der Waals surface area contributed by atoms with Crippen molar-refractivity contribution in [3.8, 4) is 0 Å². The molecular weight excluding hydrogens is 351 g/mol. The summed E-state index contributed by atoms with van der Waals surface area (Å²) in [4.78, 5) is 23.5. The van der Waals surface area contributed by atoms with E-state index in [0.717, 1.165) is 0 Å². The first kappa shape index (κ1) is 14.7. The molecule has 0 unspecified atom stereocenters. The molecule has 2 aromatic rings. The fourth-order valence-electron chi connectivity index (χ4n) is 1.62. The highest BCUT2D eigenvalue weighted by Crippen LogP contribution is 2.21. The van der Waals surface area contributed by atoms with E-state index in [9.17, 15) is 14.0 Å². The van der Waals surface area contributed by atoms with Crippen LogP contribution in [0.3, 0.4) is 0 Å². The molecule has 0 fully saturated rings. The molecule has 0 saturated heterocycles. The number of pyridine rings is 1. The van der Waals surface area contributed by atoms with Gasteiger partial charge in [0, 0.05) is 13.2 Å². The van der Waals surface area contributed by atoms with Crippen molar-refractivity contribution in [1.29, 1.82) is 0 Å². The topological polar surface area (TPSA) is 51.1 Å². The van der Waals surface area contributed by atoms with E-state index in [2.05, 4.69) is 21.2 Å². The van der Waals surface area contributed by atoms with E-state index in [1.165, 1.54) is 35.0 Å². The quantitative estimate of drug-likeness (QED) is 0.895. The molecule has 0 atom stereocenters. The number of carbonyl (C=O) groups is 1. The molecular formula is C13H9BrClFN2O2. The Morgan fingerprint density at radius 1 is 1.45 bits per heavy atom. The molecule has 0 radical (unpaired) electrons. The fourth-order valence-corrected chi connectivity index (χ4v) is 2.36. The number of nitrogens with one attached hydrogen (secondary N) is 1. The third-order valence-corrected chi connectivity index (χ3v) is 3.55. The zero-order valence-corrected chi connectivity index (χ0v) is 12.6. The van der Waals surface area contributed by atoms with Crippen LogP contribution in [-0.2, 0) is 7.05 Å². The average Bonchev–Trinajstić information content (AvgIpc) is 2.39. The largest absolute Gasteiger partial charge is 0.321 e. The zero-order chi connectivity index (χ0) is 14.9. The third kappa shape index (κ3) is 2.91. The number of hydrogen-bond acceptors (Lipinski definition) is 2. The number of aromatic nitrogens is 1. The molecule has 2 rings (SSSR count). The van der Waals surface area contributed by atoms with Crippen molar-refractivity contribution in [3.63, 3.8) is 0 Å². The van der Waals surface area contributed by atoms with E-state index < -0.39 is 11.7 Å². The molecule has 1 heterocycles. The minimum absolute atomic E-state index is 0.0247. The van der Waals surface area contributed by atoms with E-state index in [1.54, 1.807) is 7.05 Å². The summed E-state index contributed by atoms with van der Waals surface area (Å²) >= 11 is 8.84. The molecule has 104 valence electrons. The van der Waals surface area contributed by atoms with Crippen LogP contribution in [0.15, 0.2) is 39.7 Å². The van der Waals surface area contributed by atoms with Crippen LogP contribution in [0.2, 0.25) is 5.02 Å². The Kier molecular flexibility index (Phi) is 4.25. The van der Waals surface area contributed by atoms with E-state index in [1.807, 2.05) is 0 Å². The van der Waals surface area contributed by atoms with Crippen LogP contribution in [-0.4, -0.2) is 10.5 Å². The maximum atomic E-state index is 13.3. The van der Waals surface area contributed by atoms with Gasteiger partial charge in [0.2, 0.25) is 0 Å². The summed E-state index contributed by atoms with van der Waals surface area (Å²) in [6.07, 6.45) is 1.46. The van der Waals surface area contributed by atoms with Crippen molar-refractivity contribution in [2.75, 3.05) is 5.32 Å². The minimum Gasteiger partial charge on any atom is -0.321 e. The van der Waals surface area contributed by atoms with Gasteiger partial charge in [-0.05, 0) is 34.1 Å². The van der Waals surface area contributed by atoms with Crippen LogP contribution >= 0.6 is 27.5 Å². The van der Waals surface area contributed by atoms with Crippen molar-refractivity contribution in [3.05, 3.63) is 61.7 Å². The SMILES string of the molecule is Cn1cc(NC(=O)c2cccc(F)c2Cl)cc(Br)c1=O. The second-order valence-corrected chi connectivity index (χ2v) is 5.28. The smallest absolute Gasteiger partial charge is 0.264 e. The molecule has 1 aromatic heterocycles. The van der Waals surface area contributed by atoms with E-state index in [0.29, 0.717) is 10.2 Å². The van der Waals surface area contributed by atoms with Gasteiger partial charge in [-0.1, -0.05) is 17.7 Å². The molecule has 20 heavy (non-hydrogen) atoms. The predicted octanol–water partition coefficient (Wildman–Crippen LogP) is 3.19. The van der Waals surface area contributed by atoms with Crippen molar-refractivity contribution < 1.29 is 9.18 Å². The molecule has 0 aliphatic rings. The number of carbonyl (C=O) groups excluding carboxylic acids is 1. The van der Waals surface area contributed by atoms with Crippen LogP contribution in [0, 0.1) is 5.82 Å². The fraction of sp³-hybridized carbons (Fsp3) is 0.0769. The number of anilines is 1. The molecule has 0 aliphatic carbocycles. The number of benzene rings is 1. The Bertz CT molecular complexity index is 719. The Morgan fingerprint density at radius 2 is 2.15 bits per heavy atom. The monoisotopic (exact) mass is 358 g/mol. The first-order chi connectivity index (χ1) is 9.40. The van der Waals surface area contributed by atoms with Crippen LogP contribution in [0.1, 0.15) is 10.4 Å². The summed E-state index contributed by atoms with van der Waals surface area (Å²) in [6.45, 7) is 0. The molecule has 7 heteroatoms. The Morgan fingerprint density at radius 3 is 2.80 bits per heavy atom. The van der Waals surface area contributed by atoms with Gasteiger partial charge in [0.15, 0.2) is 0 Å². The highest BCUT2D eigenvalue weighted by atomic mass is 79.9. The molecule has 1 aromatic carbocycles. The van der Waals surface area contributed by atoms with Gasteiger partial charge in [-0.15, -0.1) is 0 Å².